The molecule has 0 aromatic rings. The fraction of sp³-hybridized carbons (Fsp3) is 0.667. The number of carbonyl (C=O) groups excluding carboxylic acids is 1. The van der Waals surface area contributed by atoms with E-state index in [0.717, 1.165) is 11.0 Å². The van der Waals surface area contributed by atoms with Crippen LogP contribution in [0.3, 0.4) is 0 Å². The predicted octanol–water partition coefficient (Wildman–Crippen LogP) is 1.81. The molecule has 0 rings (SSSR count). The van der Waals surface area contributed by atoms with Crippen molar-refractivity contribution in [2.24, 2.45) is 0 Å². The zero-order chi connectivity index (χ0) is 4.99. The molecule has 0 heterocycles. The van der Waals surface area contributed by atoms with Crippen molar-refractivity contribution in [1.29, 1.82) is 0 Å². The number of hydrogen-bond donors (Lipinski definition) is 0. The van der Waals surface area contributed by atoms with Crippen LogP contribution >= 0.6 is 21.7 Å². The van der Waals surface area contributed by atoms with Crippen molar-refractivity contribution in [2.45, 2.75) is 13.3 Å². The summed E-state index contributed by atoms with van der Waals surface area (Å²) in [4.78, 5) is 10.0. The van der Waals surface area contributed by atoms with Gasteiger partial charge in [-0.15, -0.1) is 0 Å². The third-order valence-corrected chi connectivity index (χ3v) is 1.35. The molecule has 0 bridgehead atoms. The van der Waals surface area contributed by atoms with Gasteiger partial charge in [0.15, 0.2) is 0 Å². The highest BCUT2D eigenvalue weighted by atomic mass is 35.7. The Labute approximate surface area is 45.6 Å². The second-order valence-corrected chi connectivity index (χ2v) is 1.88. The van der Waals surface area contributed by atoms with E-state index in [0.29, 0.717) is 6.42 Å². The van der Waals surface area contributed by atoms with Gasteiger partial charge in [0.25, 0.3) is 0 Å². The Morgan fingerprint density at radius 3 is 2.50 bits per heavy atom. The van der Waals surface area contributed by atoms with E-state index in [1.165, 1.54) is 0 Å². The molecule has 0 aromatic carbocycles. The Kier molecular flexibility index (Phi) is 3.68. The van der Waals surface area contributed by atoms with Gasteiger partial charge in [-0.05, 0) is 10.7 Å². The van der Waals surface area contributed by atoms with Crippen molar-refractivity contribution in [3.05, 3.63) is 0 Å². The molecule has 0 aromatic heterocycles. The van der Waals surface area contributed by atoms with Crippen LogP contribution in [0.15, 0.2) is 0 Å². The Hall–Kier alpha value is 0.310. The highest BCUT2D eigenvalue weighted by molar-refractivity contribution is 8.32. The Morgan fingerprint density at radius 2 is 2.50 bits per heavy atom. The van der Waals surface area contributed by atoms with Gasteiger partial charge >= 0.3 is 0 Å². The summed E-state index contributed by atoms with van der Waals surface area (Å²) in [6.45, 7) is 1.78. The Morgan fingerprint density at radius 1 is 2.00 bits per heavy atom. The predicted molar refractivity (Wildman–Crippen MR) is 28.7 cm³/mol. The second-order valence-electron chi connectivity index (χ2n) is 0.803. The van der Waals surface area contributed by atoms with Gasteiger partial charge in [-0.25, -0.2) is 0 Å². The molecule has 36 valence electrons. The molecule has 0 N–H and O–H groups in total. The Bertz CT molecular complexity index is 48.8. The number of carbonyl (C=O) groups is 1. The molecule has 0 saturated carbocycles. The first kappa shape index (κ1) is 6.31. The van der Waals surface area contributed by atoms with Crippen LogP contribution in [-0.4, -0.2) is 5.12 Å². The second kappa shape index (κ2) is 3.50. The third kappa shape index (κ3) is 2.54. The van der Waals surface area contributed by atoms with Gasteiger partial charge in [0.2, 0.25) is 5.12 Å². The van der Waals surface area contributed by atoms with Crippen molar-refractivity contribution < 1.29 is 4.79 Å². The molecule has 3 heteroatoms. The summed E-state index contributed by atoms with van der Waals surface area (Å²) < 4.78 is 0. The van der Waals surface area contributed by atoms with Gasteiger partial charge in [-0.2, -0.15) is 0 Å². The van der Waals surface area contributed by atoms with Crippen molar-refractivity contribution >= 4 is 26.8 Å². The average Bonchev–Trinajstić information content (AvgIpc) is 1.65. The monoisotopic (exact) mass is 124 g/mol. The molecule has 0 spiro atoms. The summed E-state index contributed by atoms with van der Waals surface area (Å²) in [5.74, 6) is 0. The van der Waals surface area contributed by atoms with Gasteiger partial charge < -0.3 is 0 Å². The first-order valence-corrected chi connectivity index (χ1v) is 3.27. The van der Waals surface area contributed by atoms with Gasteiger partial charge in [0, 0.05) is 17.4 Å². The van der Waals surface area contributed by atoms with Gasteiger partial charge in [0.1, 0.15) is 0 Å². The lowest BCUT2D eigenvalue weighted by molar-refractivity contribution is -0.110. The molecule has 0 aliphatic heterocycles. The lowest BCUT2D eigenvalue weighted by Gasteiger charge is -1.78. The van der Waals surface area contributed by atoms with E-state index in [1.54, 1.807) is 6.92 Å². The zero-order valence-corrected chi connectivity index (χ0v) is 4.97. The largest absolute Gasteiger partial charge is 0.286 e. The summed E-state index contributed by atoms with van der Waals surface area (Å²) in [6.07, 6.45) is 0.522. The van der Waals surface area contributed by atoms with E-state index in [-0.39, 0.29) is 5.12 Å². The van der Waals surface area contributed by atoms with E-state index >= 15 is 0 Å². The first-order chi connectivity index (χ1) is 2.81. The van der Waals surface area contributed by atoms with Crippen LogP contribution in [0.4, 0.5) is 0 Å². The molecular weight excluding hydrogens is 120 g/mol. The van der Waals surface area contributed by atoms with E-state index in [2.05, 4.69) is 0 Å². The standard InChI is InChI=1S/C3H5ClOS/c1-2-3(5)6-4/h2H2,1H3. The molecule has 0 aliphatic carbocycles. The lowest BCUT2D eigenvalue weighted by atomic mass is 10.6. The normalized spacial score (nSPS) is 8.33. The molecule has 0 unspecified atom stereocenters. The first-order valence-electron chi connectivity index (χ1n) is 1.62. The van der Waals surface area contributed by atoms with Crippen LogP contribution in [-0.2, 0) is 4.79 Å². The van der Waals surface area contributed by atoms with E-state index < -0.39 is 0 Å². The average molecular weight is 125 g/mol. The van der Waals surface area contributed by atoms with Gasteiger partial charge in [0.05, 0.1) is 0 Å². The molecule has 0 fully saturated rings. The summed E-state index contributed by atoms with van der Waals surface area (Å²) in [7, 11) is 5.78. The molecule has 0 saturated heterocycles. The van der Waals surface area contributed by atoms with Crippen LogP contribution in [0.2, 0.25) is 0 Å². The molecule has 0 aliphatic rings. The van der Waals surface area contributed by atoms with E-state index in [9.17, 15) is 4.79 Å². The molecule has 0 amide bonds. The summed E-state index contributed by atoms with van der Waals surface area (Å²) in [5, 5.41) is 0.0247. The van der Waals surface area contributed by atoms with Crippen molar-refractivity contribution in [1.82, 2.24) is 0 Å². The van der Waals surface area contributed by atoms with Crippen LogP contribution in [0.25, 0.3) is 0 Å². The van der Waals surface area contributed by atoms with Crippen LogP contribution in [0.5, 0.6) is 0 Å². The molecule has 0 atom stereocenters. The quantitative estimate of drug-likeness (QED) is 0.531. The van der Waals surface area contributed by atoms with Crippen LogP contribution < -0.4 is 0 Å². The molecule has 6 heavy (non-hydrogen) atoms. The Balaban J connectivity index is 2.99. The lowest BCUT2D eigenvalue weighted by Crippen LogP contribution is -1.78. The van der Waals surface area contributed by atoms with Gasteiger partial charge in [-0.1, -0.05) is 6.92 Å². The summed E-state index contributed by atoms with van der Waals surface area (Å²) >= 11 is 0. The fourth-order valence-electron chi connectivity index (χ4n) is 0.0546. The maximum atomic E-state index is 10.0. The maximum Gasteiger partial charge on any atom is 0.203 e. The number of halogens is 1. The smallest absolute Gasteiger partial charge is 0.203 e. The summed E-state index contributed by atoms with van der Waals surface area (Å²) in [6, 6.07) is 0. The molecule has 0 radical (unpaired) electrons. The number of hydrogen-bond acceptors (Lipinski definition) is 2. The zero-order valence-electron chi connectivity index (χ0n) is 3.40. The minimum Gasteiger partial charge on any atom is -0.286 e. The van der Waals surface area contributed by atoms with Crippen molar-refractivity contribution in [2.75, 3.05) is 0 Å². The number of rotatable bonds is 1. The summed E-state index contributed by atoms with van der Waals surface area (Å²) in [5.41, 5.74) is 0. The minimum atomic E-state index is 0.0247. The SMILES string of the molecule is CCC(=O)SCl. The maximum absolute atomic E-state index is 10.0. The fourth-order valence-corrected chi connectivity index (χ4v) is 0.491. The third-order valence-electron chi connectivity index (χ3n) is 0.375. The topological polar surface area (TPSA) is 17.1 Å². The minimum absolute atomic E-state index is 0.0247. The highest BCUT2D eigenvalue weighted by Gasteiger charge is 1.90. The molecule has 1 nitrogen and oxygen atoms in total. The van der Waals surface area contributed by atoms with Crippen molar-refractivity contribution in [3.63, 3.8) is 0 Å². The van der Waals surface area contributed by atoms with Crippen molar-refractivity contribution in [3.8, 4) is 0 Å². The highest BCUT2D eigenvalue weighted by Crippen LogP contribution is 2.08. The molecular formula is C3H5ClOS. The van der Waals surface area contributed by atoms with Gasteiger partial charge in [-0.3, -0.25) is 4.79 Å². The van der Waals surface area contributed by atoms with E-state index in [4.69, 9.17) is 10.7 Å². The van der Waals surface area contributed by atoms with Crippen LogP contribution in [0, 0.1) is 0 Å². The van der Waals surface area contributed by atoms with E-state index in [1.807, 2.05) is 0 Å². The van der Waals surface area contributed by atoms with Crippen LogP contribution in [0.1, 0.15) is 13.3 Å².